The number of nitrogens with zero attached hydrogens (tertiary/aromatic N) is 3. The maximum atomic E-state index is 13.5. The number of nitrogens with one attached hydrogen (secondary N) is 2. The van der Waals surface area contributed by atoms with Crippen LogP contribution in [0.4, 0.5) is 13.2 Å². The van der Waals surface area contributed by atoms with Crippen molar-refractivity contribution in [2.45, 2.75) is 64.8 Å². The molecule has 206 valence electrons. The normalized spacial score (nSPS) is 17.4. The molecule has 2 heterocycles. The minimum Gasteiger partial charge on any atom is -0.344 e. The molecule has 3 atom stereocenters. The molecule has 2 aromatic rings. The zero-order valence-electron chi connectivity index (χ0n) is 21.7. The average molecular weight is 536 g/mol. The van der Waals surface area contributed by atoms with Gasteiger partial charge < -0.3 is 15.5 Å². The molecule has 0 bridgehead atoms. The van der Waals surface area contributed by atoms with Crippen molar-refractivity contribution in [2.24, 2.45) is 11.8 Å². The molecular formula is C26H32F3N5O4. The molecule has 2 N–H and O–H groups in total. The van der Waals surface area contributed by atoms with Crippen molar-refractivity contribution in [1.82, 2.24) is 25.3 Å². The van der Waals surface area contributed by atoms with Gasteiger partial charge in [0.05, 0.1) is 11.7 Å². The van der Waals surface area contributed by atoms with E-state index in [0.717, 1.165) is 5.69 Å². The molecule has 3 rings (SSSR count). The second kappa shape index (κ2) is 11.8. The first kappa shape index (κ1) is 28.9. The van der Waals surface area contributed by atoms with Gasteiger partial charge in [-0.05, 0) is 42.9 Å². The van der Waals surface area contributed by atoms with Crippen LogP contribution in [0.1, 0.15) is 51.0 Å². The molecule has 38 heavy (non-hydrogen) atoms. The van der Waals surface area contributed by atoms with Crippen LogP contribution in [-0.2, 0) is 14.4 Å². The summed E-state index contributed by atoms with van der Waals surface area (Å²) in [6.45, 7) is 6.45. The van der Waals surface area contributed by atoms with E-state index < -0.39 is 53.7 Å². The average Bonchev–Trinajstić information content (AvgIpc) is 3.55. The van der Waals surface area contributed by atoms with Gasteiger partial charge in [0, 0.05) is 12.7 Å². The maximum absolute atomic E-state index is 13.5. The number of Topliss-reactive ketones (excluding diaryl/α,β-unsaturated/α-hetero) is 1. The molecule has 0 spiro atoms. The number of amides is 3. The maximum Gasteiger partial charge on any atom is 0.452 e. The van der Waals surface area contributed by atoms with Gasteiger partial charge in [0.2, 0.25) is 11.8 Å². The summed E-state index contributed by atoms with van der Waals surface area (Å²) in [6.07, 6.45) is -2.81. The fourth-order valence-electron chi connectivity index (χ4n) is 4.34. The summed E-state index contributed by atoms with van der Waals surface area (Å²) in [5.41, 5.74) is 0.839. The lowest BCUT2D eigenvalue weighted by atomic mass is 9.98. The third-order valence-corrected chi connectivity index (χ3v) is 6.43. The molecule has 1 fully saturated rings. The third kappa shape index (κ3) is 6.59. The molecule has 1 aromatic carbocycles. The lowest BCUT2D eigenvalue weighted by Gasteiger charge is -2.31. The van der Waals surface area contributed by atoms with Crippen LogP contribution >= 0.6 is 0 Å². The molecule has 1 saturated heterocycles. The fraction of sp³-hybridized carbons (Fsp3) is 0.500. The first-order valence-electron chi connectivity index (χ1n) is 12.4. The first-order chi connectivity index (χ1) is 17.8. The monoisotopic (exact) mass is 535 g/mol. The molecule has 0 aliphatic carbocycles. The number of carbonyl (C=O) groups is 4. The summed E-state index contributed by atoms with van der Waals surface area (Å²) in [4.78, 5) is 52.5. The quantitative estimate of drug-likeness (QED) is 0.513. The second-order valence-corrected chi connectivity index (χ2v) is 9.96. The second-order valence-electron chi connectivity index (χ2n) is 9.96. The van der Waals surface area contributed by atoms with Gasteiger partial charge in [0.25, 0.3) is 11.7 Å². The molecule has 3 amide bonds. The Hall–Kier alpha value is -3.70. The Balaban J connectivity index is 1.73. The van der Waals surface area contributed by atoms with Crippen molar-refractivity contribution in [3.63, 3.8) is 0 Å². The SMILES string of the molecule is CC(C)[C@H](NC(=O)c1ccn(-c2ccccc2)n1)C(=O)N1CCC[C@H]1C(=O)N[C@H](C(=O)C(F)(F)F)C(C)C. The van der Waals surface area contributed by atoms with E-state index in [4.69, 9.17) is 0 Å². The third-order valence-electron chi connectivity index (χ3n) is 6.43. The van der Waals surface area contributed by atoms with Crippen molar-refractivity contribution in [1.29, 1.82) is 0 Å². The topological polar surface area (TPSA) is 113 Å². The van der Waals surface area contributed by atoms with Gasteiger partial charge >= 0.3 is 6.18 Å². The molecule has 0 radical (unpaired) electrons. The number of alkyl halides is 3. The van der Waals surface area contributed by atoms with E-state index in [0.29, 0.717) is 6.42 Å². The Morgan fingerprint density at radius 2 is 1.58 bits per heavy atom. The van der Waals surface area contributed by atoms with Crippen molar-refractivity contribution >= 4 is 23.5 Å². The molecule has 1 aromatic heterocycles. The number of benzene rings is 1. The molecule has 0 unspecified atom stereocenters. The van der Waals surface area contributed by atoms with E-state index in [1.54, 1.807) is 20.0 Å². The zero-order valence-corrected chi connectivity index (χ0v) is 21.7. The molecule has 0 saturated carbocycles. The number of rotatable bonds is 9. The van der Waals surface area contributed by atoms with Gasteiger partial charge in [-0.25, -0.2) is 4.68 Å². The highest BCUT2D eigenvalue weighted by Crippen LogP contribution is 2.24. The Morgan fingerprint density at radius 3 is 2.16 bits per heavy atom. The lowest BCUT2D eigenvalue weighted by molar-refractivity contribution is -0.175. The van der Waals surface area contributed by atoms with Crippen LogP contribution in [0, 0.1) is 11.8 Å². The molecule has 9 nitrogen and oxygen atoms in total. The first-order valence-corrected chi connectivity index (χ1v) is 12.4. The Morgan fingerprint density at radius 1 is 0.947 bits per heavy atom. The number of para-hydroxylation sites is 1. The van der Waals surface area contributed by atoms with Gasteiger partial charge in [-0.1, -0.05) is 45.9 Å². The van der Waals surface area contributed by atoms with Crippen LogP contribution in [0.25, 0.3) is 5.69 Å². The van der Waals surface area contributed by atoms with E-state index in [-0.39, 0.29) is 24.6 Å². The Bertz CT molecular complexity index is 1160. The number of hydrogen-bond acceptors (Lipinski definition) is 5. The highest BCUT2D eigenvalue weighted by Gasteiger charge is 2.46. The number of hydrogen-bond donors (Lipinski definition) is 2. The number of aromatic nitrogens is 2. The summed E-state index contributed by atoms with van der Waals surface area (Å²) in [7, 11) is 0. The standard InChI is InChI=1S/C26H32F3N5O4/c1-15(2)20(22(35)26(27,28)29)30-24(37)19-11-8-13-33(19)25(38)21(16(3)4)31-23(36)18-12-14-34(32-18)17-9-6-5-7-10-17/h5-7,9-10,12,14-16,19-21H,8,11,13H2,1-4H3,(H,30,37)(H,31,36)/t19-,20-,21-/m0/s1. The minimum absolute atomic E-state index is 0.0912. The Labute approximate surface area is 218 Å². The molecular weight excluding hydrogens is 503 g/mol. The van der Waals surface area contributed by atoms with Gasteiger partial charge in [-0.2, -0.15) is 18.3 Å². The number of likely N-dealkylation sites (tertiary alicyclic amines) is 1. The Kier molecular flexibility index (Phi) is 8.95. The van der Waals surface area contributed by atoms with Crippen molar-refractivity contribution < 1.29 is 32.3 Å². The van der Waals surface area contributed by atoms with Gasteiger partial charge in [-0.3, -0.25) is 19.2 Å². The summed E-state index contributed by atoms with van der Waals surface area (Å²) in [6, 6.07) is 6.84. The van der Waals surface area contributed by atoms with Crippen LogP contribution in [0.15, 0.2) is 42.6 Å². The van der Waals surface area contributed by atoms with E-state index in [9.17, 15) is 32.3 Å². The van der Waals surface area contributed by atoms with Crippen LogP contribution < -0.4 is 10.6 Å². The predicted octanol–water partition coefficient (Wildman–Crippen LogP) is 2.89. The van der Waals surface area contributed by atoms with Crippen molar-refractivity contribution in [2.75, 3.05) is 6.54 Å². The lowest BCUT2D eigenvalue weighted by Crippen LogP contribution is -2.58. The van der Waals surface area contributed by atoms with Gasteiger partial charge in [0.1, 0.15) is 12.1 Å². The summed E-state index contributed by atoms with van der Waals surface area (Å²) in [5, 5.41) is 9.16. The smallest absolute Gasteiger partial charge is 0.344 e. The fourth-order valence-corrected chi connectivity index (χ4v) is 4.34. The molecule has 1 aliphatic heterocycles. The van der Waals surface area contributed by atoms with Crippen molar-refractivity contribution in [3.8, 4) is 5.69 Å². The van der Waals surface area contributed by atoms with Crippen molar-refractivity contribution in [3.05, 3.63) is 48.3 Å². The highest BCUT2D eigenvalue weighted by atomic mass is 19.4. The van der Waals surface area contributed by atoms with Gasteiger partial charge in [0.15, 0.2) is 5.69 Å². The number of halogens is 3. The summed E-state index contributed by atoms with van der Waals surface area (Å²) < 4.78 is 40.6. The summed E-state index contributed by atoms with van der Waals surface area (Å²) >= 11 is 0. The van der Waals surface area contributed by atoms with Crippen LogP contribution in [-0.4, -0.2) is 69.0 Å². The van der Waals surface area contributed by atoms with Crippen LogP contribution in [0.5, 0.6) is 0 Å². The van der Waals surface area contributed by atoms with E-state index in [2.05, 4.69) is 15.7 Å². The van der Waals surface area contributed by atoms with E-state index in [1.165, 1.54) is 29.5 Å². The minimum atomic E-state index is -5.10. The van der Waals surface area contributed by atoms with Gasteiger partial charge in [-0.15, -0.1) is 0 Å². The predicted molar refractivity (Wildman–Crippen MR) is 132 cm³/mol. The van der Waals surface area contributed by atoms with Crippen LogP contribution in [0.2, 0.25) is 0 Å². The van der Waals surface area contributed by atoms with Crippen LogP contribution in [0.3, 0.4) is 0 Å². The largest absolute Gasteiger partial charge is 0.452 e. The van der Waals surface area contributed by atoms with E-state index in [1.807, 2.05) is 30.3 Å². The number of ketones is 1. The highest BCUT2D eigenvalue weighted by molar-refractivity contribution is 5.98. The summed E-state index contributed by atoms with van der Waals surface area (Å²) in [5.74, 6) is -5.15. The number of carbonyl (C=O) groups excluding carboxylic acids is 4. The zero-order chi connectivity index (χ0) is 28.2. The molecule has 1 aliphatic rings. The molecule has 12 heteroatoms. The van der Waals surface area contributed by atoms with E-state index >= 15 is 0 Å².